The summed E-state index contributed by atoms with van der Waals surface area (Å²) in [5, 5.41) is 27.6. The molecule has 0 heterocycles. The number of rotatable bonds is 9. The highest BCUT2D eigenvalue weighted by Crippen LogP contribution is 2.27. The molecule has 0 aliphatic carbocycles. The summed E-state index contributed by atoms with van der Waals surface area (Å²) in [4.78, 5) is 45.6. The van der Waals surface area contributed by atoms with Gasteiger partial charge in [0, 0.05) is 24.4 Å². The third-order valence-corrected chi connectivity index (χ3v) is 4.82. The molecule has 1 atom stereocenters. The van der Waals surface area contributed by atoms with Gasteiger partial charge < -0.3 is 15.4 Å². The third-order valence-electron chi connectivity index (χ3n) is 4.82. The van der Waals surface area contributed by atoms with Gasteiger partial charge in [0.05, 0.1) is 15.4 Å². The van der Waals surface area contributed by atoms with E-state index in [4.69, 9.17) is 4.74 Å². The van der Waals surface area contributed by atoms with Crippen molar-refractivity contribution in [3.63, 3.8) is 0 Å². The monoisotopic (exact) mass is 482 g/mol. The molecular weight excluding hydrogens is 463 g/mol. The van der Waals surface area contributed by atoms with E-state index in [2.05, 4.69) is 10.6 Å². The summed E-state index contributed by atoms with van der Waals surface area (Å²) >= 11 is 0. The maximum atomic E-state index is 13.5. The van der Waals surface area contributed by atoms with Crippen LogP contribution in [-0.2, 0) is 16.1 Å². The molecule has 0 bridgehead atoms. The van der Waals surface area contributed by atoms with E-state index in [1.54, 1.807) is 0 Å². The minimum Gasteiger partial charge on any atom is -0.449 e. The molecule has 0 aliphatic rings. The van der Waals surface area contributed by atoms with Crippen molar-refractivity contribution in [1.82, 2.24) is 0 Å². The second-order valence-electron chi connectivity index (χ2n) is 7.29. The molecule has 11 nitrogen and oxygen atoms in total. The SMILES string of the molecule is CC(OC(=O)c1ccc(NCc2ccccc2)c([N+](=O)[O-])c1)C(=O)Nc1ccc(F)c([N+](=O)[O-])c1. The topological polar surface area (TPSA) is 154 Å². The van der Waals surface area contributed by atoms with Gasteiger partial charge in [-0.05, 0) is 36.8 Å². The first-order chi connectivity index (χ1) is 16.7. The van der Waals surface area contributed by atoms with Gasteiger partial charge in [0.2, 0.25) is 5.82 Å². The number of nitro groups is 2. The number of benzene rings is 3. The molecule has 0 spiro atoms. The van der Waals surface area contributed by atoms with Crippen LogP contribution < -0.4 is 10.6 Å². The molecule has 0 aromatic heterocycles. The van der Waals surface area contributed by atoms with Gasteiger partial charge in [0.25, 0.3) is 11.6 Å². The van der Waals surface area contributed by atoms with Gasteiger partial charge in [-0.25, -0.2) is 4.79 Å². The Labute approximate surface area is 197 Å². The van der Waals surface area contributed by atoms with Crippen LogP contribution in [0.3, 0.4) is 0 Å². The molecule has 3 aromatic rings. The Balaban J connectivity index is 1.67. The van der Waals surface area contributed by atoms with Gasteiger partial charge in [-0.3, -0.25) is 25.0 Å². The first kappa shape index (κ1) is 24.8. The number of hydrogen-bond donors (Lipinski definition) is 2. The van der Waals surface area contributed by atoms with Crippen molar-refractivity contribution in [3.05, 3.63) is 104 Å². The fraction of sp³-hybridized carbons (Fsp3) is 0.130. The minimum absolute atomic E-state index is 0.0736. The molecule has 1 amide bonds. The fourth-order valence-corrected chi connectivity index (χ4v) is 3.01. The van der Waals surface area contributed by atoms with E-state index in [9.17, 15) is 34.2 Å². The lowest BCUT2D eigenvalue weighted by Gasteiger charge is -2.14. The number of carbonyl (C=O) groups excluding carboxylic acids is 2. The first-order valence-corrected chi connectivity index (χ1v) is 10.2. The number of hydrogen-bond acceptors (Lipinski definition) is 8. The van der Waals surface area contributed by atoms with E-state index < -0.39 is 39.3 Å². The number of nitrogens with zero attached hydrogens (tertiary/aromatic N) is 2. The Hall–Kier alpha value is -4.87. The molecule has 3 aromatic carbocycles. The van der Waals surface area contributed by atoms with Crippen LogP contribution in [0.4, 0.5) is 27.1 Å². The summed E-state index contributed by atoms with van der Waals surface area (Å²) in [5.41, 5.74) is -0.322. The van der Waals surface area contributed by atoms with Gasteiger partial charge in [-0.15, -0.1) is 0 Å². The van der Waals surface area contributed by atoms with Crippen molar-refractivity contribution in [1.29, 1.82) is 0 Å². The number of halogens is 1. The molecule has 0 saturated heterocycles. The van der Waals surface area contributed by atoms with Gasteiger partial charge in [-0.2, -0.15) is 4.39 Å². The molecule has 2 N–H and O–H groups in total. The summed E-state index contributed by atoms with van der Waals surface area (Å²) in [6, 6.07) is 15.7. The van der Waals surface area contributed by atoms with Crippen molar-refractivity contribution < 1.29 is 28.6 Å². The summed E-state index contributed by atoms with van der Waals surface area (Å²) < 4.78 is 18.5. The number of ether oxygens (including phenoxy) is 1. The van der Waals surface area contributed by atoms with E-state index in [0.29, 0.717) is 6.54 Å². The van der Waals surface area contributed by atoms with Crippen molar-refractivity contribution >= 4 is 34.6 Å². The zero-order valence-electron chi connectivity index (χ0n) is 18.3. The Morgan fingerprint density at radius 3 is 2.31 bits per heavy atom. The molecule has 35 heavy (non-hydrogen) atoms. The maximum absolute atomic E-state index is 13.5. The molecule has 3 rings (SSSR count). The fourth-order valence-electron chi connectivity index (χ4n) is 3.01. The molecule has 0 aliphatic heterocycles. The number of amides is 1. The van der Waals surface area contributed by atoms with Crippen LogP contribution in [0.5, 0.6) is 0 Å². The lowest BCUT2D eigenvalue weighted by Crippen LogP contribution is -2.30. The Morgan fingerprint density at radius 1 is 0.971 bits per heavy atom. The molecule has 0 saturated carbocycles. The van der Waals surface area contributed by atoms with Crippen molar-refractivity contribution in [2.45, 2.75) is 19.6 Å². The Morgan fingerprint density at radius 2 is 1.66 bits per heavy atom. The molecule has 0 radical (unpaired) electrons. The lowest BCUT2D eigenvalue weighted by atomic mass is 10.1. The summed E-state index contributed by atoms with van der Waals surface area (Å²) in [6.07, 6.45) is -1.36. The van der Waals surface area contributed by atoms with Crippen LogP contribution in [0.2, 0.25) is 0 Å². The standard InChI is InChI=1S/C23H19FN4O7/c1-14(22(29)26-17-8-9-18(24)20(12-17)27(31)32)35-23(30)16-7-10-19(21(11-16)28(33)34)25-13-15-5-3-2-4-6-15/h2-12,14,25H,13H2,1H3,(H,26,29). The number of carbonyl (C=O) groups is 2. The lowest BCUT2D eigenvalue weighted by molar-refractivity contribution is -0.387. The summed E-state index contributed by atoms with van der Waals surface area (Å²) in [7, 11) is 0. The van der Waals surface area contributed by atoms with Crippen molar-refractivity contribution in [2.24, 2.45) is 0 Å². The Kier molecular flexibility index (Phi) is 7.66. The van der Waals surface area contributed by atoms with E-state index in [1.165, 1.54) is 19.1 Å². The van der Waals surface area contributed by atoms with Crippen LogP contribution in [0.15, 0.2) is 66.7 Å². The van der Waals surface area contributed by atoms with Crippen molar-refractivity contribution in [3.8, 4) is 0 Å². The number of nitro benzene ring substituents is 2. The van der Waals surface area contributed by atoms with E-state index in [1.807, 2.05) is 30.3 Å². The second-order valence-corrected chi connectivity index (χ2v) is 7.29. The number of esters is 1. The van der Waals surface area contributed by atoms with E-state index in [-0.39, 0.29) is 22.6 Å². The molecular formula is C23H19FN4O7. The van der Waals surface area contributed by atoms with Crippen LogP contribution in [0.25, 0.3) is 0 Å². The predicted molar refractivity (Wildman–Crippen MR) is 123 cm³/mol. The third kappa shape index (κ3) is 6.35. The quantitative estimate of drug-likeness (QED) is 0.258. The van der Waals surface area contributed by atoms with Crippen LogP contribution >= 0.6 is 0 Å². The van der Waals surface area contributed by atoms with Gasteiger partial charge in [0.1, 0.15) is 5.69 Å². The summed E-state index contributed by atoms with van der Waals surface area (Å²) in [6.45, 7) is 1.57. The first-order valence-electron chi connectivity index (χ1n) is 10.2. The minimum atomic E-state index is -1.36. The highest BCUT2D eigenvalue weighted by Gasteiger charge is 2.23. The zero-order valence-corrected chi connectivity index (χ0v) is 18.3. The number of anilines is 2. The molecule has 12 heteroatoms. The molecule has 180 valence electrons. The van der Waals surface area contributed by atoms with Crippen LogP contribution in [0, 0.1) is 26.0 Å². The van der Waals surface area contributed by atoms with E-state index in [0.717, 1.165) is 29.8 Å². The average molecular weight is 482 g/mol. The second kappa shape index (κ2) is 10.8. The molecule has 0 fully saturated rings. The zero-order chi connectivity index (χ0) is 25.5. The van der Waals surface area contributed by atoms with Gasteiger partial charge >= 0.3 is 11.7 Å². The molecule has 1 unspecified atom stereocenters. The van der Waals surface area contributed by atoms with Crippen LogP contribution in [-0.4, -0.2) is 27.8 Å². The average Bonchev–Trinajstić information content (AvgIpc) is 2.84. The highest BCUT2D eigenvalue weighted by molar-refractivity contribution is 5.98. The smallest absolute Gasteiger partial charge is 0.339 e. The van der Waals surface area contributed by atoms with Crippen molar-refractivity contribution in [2.75, 3.05) is 10.6 Å². The normalized spacial score (nSPS) is 11.3. The number of nitrogens with one attached hydrogen (secondary N) is 2. The maximum Gasteiger partial charge on any atom is 0.339 e. The van der Waals surface area contributed by atoms with Crippen LogP contribution in [0.1, 0.15) is 22.8 Å². The van der Waals surface area contributed by atoms with E-state index >= 15 is 0 Å². The predicted octanol–water partition coefficient (Wildman–Crippen LogP) is 4.44. The Bertz CT molecular complexity index is 1280. The summed E-state index contributed by atoms with van der Waals surface area (Å²) in [5.74, 6) is -2.90. The largest absolute Gasteiger partial charge is 0.449 e. The highest BCUT2D eigenvalue weighted by atomic mass is 19.1. The van der Waals surface area contributed by atoms with Gasteiger partial charge in [0.15, 0.2) is 6.10 Å². The van der Waals surface area contributed by atoms with Gasteiger partial charge in [-0.1, -0.05) is 30.3 Å².